The second kappa shape index (κ2) is 9.88. The summed E-state index contributed by atoms with van der Waals surface area (Å²) in [6.07, 6.45) is 0.121. The second-order valence-corrected chi connectivity index (χ2v) is 6.43. The average Bonchev–Trinajstić information content (AvgIpc) is 2.53. The van der Waals surface area contributed by atoms with Crippen molar-refractivity contribution < 1.29 is 24.5 Å². The number of hydrogen-bond donors (Lipinski definition) is 4. The van der Waals surface area contributed by atoms with Gasteiger partial charge in [0.2, 0.25) is 0 Å². The predicted octanol–water partition coefficient (Wildman–Crippen LogP) is 2.13. The smallest absolute Gasteiger partial charge is 0.345 e. The molecular formula is C18H28N2O5. The summed E-state index contributed by atoms with van der Waals surface area (Å²) < 4.78 is 4.94. The fraction of sp³-hybridized carbons (Fsp3) is 0.556. The van der Waals surface area contributed by atoms with Crippen molar-refractivity contribution in [1.29, 1.82) is 0 Å². The van der Waals surface area contributed by atoms with E-state index in [2.05, 4.69) is 19.2 Å². The van der Waals surface area contributed by atoms with E-state index in [4.69, 9.17) is 15.6 Å². The van der Waals surface area contributed by atoms with E-state index in [0.717, 1.165) is 18.5 Å². The third-order valence-corrected chi connectivity index (χ3v) is 3.78. The van der Waals surface area contributed by atoms with Gasteiger partial charge in [-0.1, -0.05) is 26.8 Å². The molecule has 25 heavy (non-hydrogen) atoms. The number of phenols is 1. The largest absolute Gasteiger partial charge is 0.508 e. The minimum atomic E-state index is -1.19. The number of carbonyl (C=O) groups is 2. The summed E-state index contributed by atoms with van der Waals surface area (Å²) in [5.74, 6) is -1.30. The average molecular weight is 352 g/mol. The van der Waals surface area contributed by atoms with Crippen LogP contribution in [0.4, 0.5) is 5.69 Å². The van der Waals surface area contributed by atoms with Gasteiger partial charge in [-0.3, -0.25) is 4.79 Å². The molecule has 5 N–H and O–H groups in total. The molecule has 1 aromatic carbocycles. The number of benzene rings is 1. The van der Waals surface area contributed by atoms with E-state index in [-0.39, 0.29) is 18.6 Å². The van der Waals surface area contributed by atoms with Crippen molar-refractivity contribution in [3.05, 3.63) is 23.8 Å². The van der Waals surface area contributed by atoms with Gasteiger partial charge in [0.25, 0.3) is 0 Å². The first-order valence-corrected chi connectivity index (χ1v) is 8.49. The number of carbonyl (C=O) groups excluding carboxylic acids is 1. The van der Waals surface area contributed by atoms with E-state index in [1.54, 1.807) is 19.1 Å². The summed E-state index contributed by atoms with van der Waals surface area (Å²) >= 11 is 0. The van der Waals surface area contributed by atoms with Gasteiger partial charge in [0.05, 0.1) is 0 Å². The van der Waals surface area contributed by atoms with Crippen LogP contribution >= 0.6 is 0 Å². The third-order valence-electron chi connectivity index (χ3n) is 3.78. The summed E-state index contributed by atoms with van der Waals surface area (Å²) in [5.41, 5.74) is 7.34. The second-order valence-electron chi connectivity index (χ2n) is 6.43. The fourth-order valence-electron chi connectivity index (χ4n) is 2.26. The van der Waals surface area contributed by atoms with E-state index < -0.39 is 24.1 Å². The van der Waals surface area contributed by atoms with Crippen molar-refractivity contribution in [3.63, 3.8) is 0 Å². The third kappa shape index (κ3) is 7.01. The van der Waals surface area contributed by atoms with Gasteiger partial charge in [-0.25, -0.2) is 4.79 Å². The zero-order chi connectivity index (χ0) is 19.0. The SMILES string of the molecule is CCC(OC(=O)C(N)Cc1ccc(O)cc1NCCC(C)C)C(=O)O. The molecule has 0 aliphatic rings. The highest BCUT2D eigenvalue weighted by atomic mass is 16.6. The summed E-state index contributed by atoms with van der Waals surface area (Å²) in [4.78, 5) is 23.0. The number of carboxylic acid groups (broad SMARTS) is 1. The summed E-state index contributed by atoms with van der Waals surface area (Å²) in [5, 5.41) is 21.9. The highest BCUT2D eigenvalue weighted by Crippen LogP contribution is 2.23. The van der Waals surface area contributed by atoms with Crippen molar-refractivity contribution in [1.82, 2.24) is 0 Å². The molecule has 0 amide bonds. The molecule has 0 bridgehead atoms. The van der Waals surface area contributed by atoms with Gasteiger partial charge in [0.1, 0.15) is 11.8 Å². The maximum absolute atomic E-state index is 12.0. The molecule has 0 aliphatic heterocycles. The minimum absolute atomic E-state index is 0.115. The lowest BCUT2D eigenvalue weighted by Crippen LogP contribution is -2.38. The number of aliphatic carboxylic acids is 1. The maximum Gasteiger partial charge on any atom is 0.345 e. The molecule has 0 heterocycles. The molecule has 0 fully saturated rings. The first-order valence-electron chi connectivity index (χ1n) is 8.49. The van der Waals surface area contributed by atoms with Gasteiger partial charge in [0.15, 0.2) is 6.10 Å². The Morgan fingerprint density at radius 3 is 2.56 bits per heavy atom. The van der Waals surface area contributed by atoms with Gasteiger partial charge in [-0.05, 0) is 30.4 Å². The standard InChI is InChI=1S/C18H28N2O5/c1-4-16(17(22)23)25-18(24)14(19)9-12-5-6-13(21)10-15(12)20-8-7-11(2)3/h5-6,10-11,14,16,20-21H,4,7-9,19H2,1-3H3,(H,22,23). The molecular weight excluding hydrogens is 324 g/mol. The van der Waals surface area contributed by atoms with E-state index >= 15 is 0 Å². The Bertz CT molecular complexity index is 589. The Morgan fingerprint density at radius 1 is 1.32 bits per heavy atom. The Balaban J connectivity index is 2.76. The molecule has 1 aromatic rings. The van der Waals surface area contributed by atoms with Gasteiger partial charge < -0.3 is 26.0 Å². The van der Waals surface area contributed by atoms with Gasteiger partial charge in [0, 0.05) is 24.7 Å². The number of anilines is 1. The molecule has 2 atom stereocenters. The molecule has 0 radical (unpaired) electrons. The lowest BCUT2D eigenvalue weighted by atomic mass is 10.0. The fourth-order valence-corrected chi connectivity index (χ4v) is 2.26. The number of nitrogens with two attached hydrogens (primary N) is 1. The van der Waals surface area contributed by atoms with Crippen LogP contribution in [0.25, 0.3) is 0 Å². The molecule has 2 unspecified atom stereocenters. The number of ether oxygens (including phenoxy) is 1. The van der Waals surface area contributed by atoms with Crippen LogP contribution in [0.3, 0.4) is 0 Å². The van der Waals surface area contributed by atoms with E-state index in [1.165, 1.54) is 6.07 Å². The molecule has 0 aliphatic carbocycles. The van der Waals surface area contributed by atoms with Crippen LogP contribution in [0.2, 0.25) is 0 Å². The number of esters is 1. The summed E-state index contributed by atoms with van der Waals surface area (Å²) in [6, 6.07) is 3.81. The Hall–Kier alpha value is -2.28. The number of carboxylic acids is 1. The summed E-state index contributed by atoms with van der Waals surface area (Å²) in [7, 11) is 0. The van der Waals surface area contributed by atoms with Crippen LogP contribution in [-0.2, 0) is 20.7 Å². The number of rotatable bonds is 10. The first-order chi connectivity index (χ1) is 11.7. The zero-order valence-corrected chi connectivity index (χ0v) is 15.0. The van der Waals surface area contributed by atoms with Crippen LogP contribution in [0.15, 0.2) is 18.2 Å². The zero-order valence-electron chi connectivity index (χ0n) is 15.0. The van der Waals surface area contributed by atoms with Crippen molar-refractivity contribution in [2.75, 3.05) is 11.9 Å². The first kappa shape index (κ1) is 20.8. The number of hydrogen-bond acceptors (Lipinski definition) is 6. The quantitative estimate of drug-likeness (QED) is 0.476. The van der Waals surface area contributed by atoms with Crippen molar-refractivity contribution in [2.45, 2.75) is 52.2 Å². The monoisotopic (exact) mass is 352 g/mol. The van der Waals surface area contributed by atoms with E-state index in [0.29, 0.717) is 11.6 Å². The highest BCUT2D eigenvalue weighted by Gasteiger charge is 2.24. The number of aromatic hydroxyl groups is 1. The maximum atomic E-state index is 12.0. The molecule has 140 valence electrons. The Morgan fingerprint density at radius 2 is 2.00 bits per heavy atom. The molecule has 0 aromatic heterocycles. The molecule has 0 spiro atoms. The van der Waals surface area contributed by atoms with Gasteiger partial charge in [-0.15, -0.1) is 0 Å². The van der Waals surface area contributed by atoms with E-state index in [1.807, 2.05) is 0 Å². The van der Waals surface area contributed by atoms with Gasteiger partial charge >= 0.3 is 11.9 Å². The highest BCUT2D eigenvalue weighted by molar-refractivity contribution is 5.81. The normalized spacial score (nSPS) is 13.3. The van der Waals surface area contributed by atoms with Crippen molar-refractivity contribution in [3.8, 4) is 5.75 Å². The van der Waals surface area contributed by atoms with Crippen molar-refractivity contribution in [2.24, 2.45) is 11.7 Å². The predicted molar refractivity (Wildman–Crippen MR) is 95.5 cm³/mol. The minimum Gasteiger partial charge on any atom is -0.508 e. The van der Waals surface area contributed by atoms with Crippen LogP contribution < -0.4 is 11.1 Å². The molecule has 1 rings (SSSR count). The molecule has 0 saturated heterocycles. The summed E-state index contributed by atoms with van der Waals surface area (Å²) in [6.45, 7) is 6.58. The van der Waals surface area contributed by atoms with E-state index in [9.17, 15) is 14.7 Å². The van der Waals surface area contributed by atoms with Crippen LogP contribution in [0.1, 0.15) is 39.2 Å². The lowest BCUT2D eigenvalue weighted by Gasteiger charge is -2.18. The van der Waals surface area contributed by atoms with Crippen LogP contribution in [0.5, 0.6) is 5.75 Å². The lowest BCUT2D eigenvalue weighted by molar-refractivity contribution is -0.165. The molecule has 7 heteroatoms. The van der Waals surface area contributed by atoms with Crippen molar-refractivity contribution >= 4 is 17.6 Å². The Kier molecular flexibility index (Phi) is 8.21. The Labute approximate surface area is 148 Å². The molecule has 0 saturated carbocycles. The number of nitrogens with one attached hydrogen (secondary N) is 1. The molecule has 7 nitrogen and oxygen atoms in total. The van der Waals surface area contributed by atoms with Gasteiger partial charge in [-0.2, -0.15) is 0 Å². The van der Waals surface area contributed by atoms with Crippen LogP contribution in [-0.4, -0.2) is 40.8 Å². The topological polar surface area (TPSA) is 122 Å². The van der Waals surface area contributed by atoms with Crippen LogP contribution in [0, 0.1) is 5.92 Å². The number of phenolic OH excluding ortho intramolecular Hbond substituents is 1.